The van der Waals surface area contributed by atoms with Gasteiger partial charge in [-0.05, 0) is 26.0 Å². The third-order valence-corrected chi connectivity index (χ3v) is 1.48. The number of aryl methyl sites for hydroxylation is 1. The number of rotatable bonds is 3. The lowest BCUT2D eigenvalue weighted by atomic mass is 10.3. The van der Waals surface area contributed by atoms with Crippen LogP contribution in [0.15, 0.2) is 12.1 Å². The summed E-state index contributed by atoms with van der Waals surface area (Å²) in [4.78, 5) is 11.0. The van der Waals surface area contributed by atoms with Gasteiger partial charge in [0.15, 0.2) is 0 Å². The van der Waals surface area contributed by atoms with Crippen LogP contribution in [0.2, 0.25) is 0 Å². The minimum atomic E-state index is -0.263. The summed E-state index contributed by atoms with van der Waals surface area (Å²) in [7, 11) is 0. The van der Waals surface area contributed by atoms with Crippen LogP contribution in [0, 0.1) is 6.92 Å². The monoisotopic (exact) mass is 180 g/mol. The van der Waals surface area contributed by atoms with Crippen LogP contribution in [-0.4, -0.2) is 22.8 Å². The van der Waals surface area contributed by atoms with Crippen molar-refractivity contribution in [1.29, 1.82) is 0 Å². The highest BCUT2D eigenvalue weighted by atomic mass is 16.5. The number of hydrogen-bond donors (Lipinski definition) is 0. The lowest BCUT2D eigenvalue weighted by Gasteiger charge is -2.00. The molecule has 0 amide bonds. The maximum atomic E-state index is 11.0. The van der Waals surface area contributed by atoms with E-state index in [9.17, 15) is 4.79 Å². The van der Waals surface area contributed by atoms with E-state index in [1.807, 2.05) is 13.0 Å². The highest BCUT2D eigenvalue weighted by Crippen LogP contribution is 1.97. The Labute approximate surface area is 76.9 Å². The minimum Gasteiger partial charge on any atom is -0.466 e. The summed E-state index contributed by atoms with van der Waals surface area (Å²) in [6, 6.07) is 3.60. The summed E-state index contributed by atoms with van der Waals surface area (Å²) < 4.78 is 4.77. The fraction of sp³-hybridized carbons (Fsp3) is 0.444. The topological polar surface area (TPSA) is 52.1 Å². The molecule has 0 aliphatic carbocycles. The second kappa shape index (κ2) is 4.54. The number of aromatic nitrogens is 2. The molecule has 0 aromatic carbocycles. The van der Waals surface area contributed by atoms with E-state index in [0.29, 0.717) is 12.3 Å². The van der Waals surface area contributed by atoms with Gasteiger partial charge >= 0.3 is 5.97 Å². The molecule has 0 N–H and O–H groups in total. The lowest BCUT2D eigenvalue weighted by Crippen LogP contribution is -2.09. The van der Waals surface area contributed by atoms with Crippen molar-refractivity contribution in [3.05, 3.63) is 23.5 Å². The molecule has 0 fully saturated rings. The van der Waals surface area contributed by atoms with Gasteiger partial charge < -0.3 is 4.74 Å². The van der Waals surface area contributed by atoms with Crippen molar-refractivity contribution in [3.8, 4) is 0 Å². The Morgan fingerprint density at radius 3 is 2.77 bits per heavy atom. The van der Waals surface area contributed by atoms with Gasteiger partial charge in [0.25, 0.3) is 0 Å². The first-order valence-corrected chi connectivity index (χ1v) is 4.17. The van der Waals surface area contributed by atoms with Gasteiger partial charge in [-0.15, -0.1) is 0 Å². The Morgan fingerprint density at radius 2 is 2.23 bits per heavy atom. The standard InChI is InChI=1S/C9H12N2O2/c1-3-13-9(12)6-8-5-4-7(2)10-11-8/h4-5H,3,6H2,1-2H3. The zero-order valence-electron chi connectivity index (χ0n) is 7.78. The molecule has 1 aromatic rings. The molecular formula is C9H12N2O2. The molecule has 70 valence electrons. The molecule has 0 saturated heterocycles. The van der Waals surface area contributed by atoms with E-state index in [0.717, 1.165) is 5.69 Å². The molecule has 13 heavy (non-hydrogen) atoms. The highest BCUT2D eigenvalue weighted by Gasteiger charge is 2.04. The fourth-order valence-electron chi connectivity index (χ4n) is 0.881. The SMILES string of the molecule is CCOC(=O)Cc1ccc(C)nn1. The summed E-state index contributed by atoms with van der Waals surface area (Å²) in [5.41, 5.74) is 1.48. The lowest BCUT2D eigenvalue weighted by molar-refractivity contribution is -0.142. The van der Waals surface area contributed by atoms with Crippen LogP contribution in [-0.2, 0) is 16.0 Å². The van der Waals surface area contributed by atoms with Crippen molar-refractivity contribution in [2.24, 2.45) is 0 Å². The molecule has 0 atom stereocenters. The second-order valence-electron chi connectivity index (χ2n) is 2.65. The number of carbonyl (C=O) groups is 1. The van der Waals surface area contributed by atoms with Crippen molar-refractivity contribution in [3.63, 3.8) is 0 Å². The molecule has 0 bridgehead atoms. The van der Waals surface area contributed by atoms with E-state index >= 15 is 0 Å². The van der Waals surface area contributed by atoms with Crippen LogP contribution >= 0.6 is 0 Å². The van der Waals surface area contributed by atoms with Gasteiger partial charge in [-0.3, -0.25) is 4.79 Å². The van der Waals surface area contributed by atoms with Crippen molar-refractivity contribution in [2.45, 2.75) is 20.3 Å². The average Bonchev–Trinajstić information content (AvgIpc) is 2.09. The number of esters is 1. The second-order valence-corrected chi connectivity index (χ2v) is 2.65. The first kappa shape index (κ1) is 9.64. The summed E-state index contributed by atoms with van der Waals surface area (Å²) >= 11 is 0. The number of nitrogens with zero attached hydrogens (tertiary/aromatic N) is 2. The Morgan fingerprint density at radius 1 is 1.46 bits per heavy atom. The maximum Gasteiger partial charge on any atom is 0.311 e. The summed E-state index contributed by atoms with van der Waals surface area (Å²) in [5, 5.41) is 7.68. The molecule has 1 heterocycles. The predicted octanol–water partition coefficient (Wildman–Crippen LogP) is 0.891. The van der Waals surface area contributed by atoms with E-state index < -0.39 is 0 Å². The molecule has 0 saturated carbocycles. The van der Waals surface area contributed by atoms with Gasteiger partial charge in [0.2, 0.25) is 0 Å². The zero-order chi connectivity index (χ0) is 9.68. The molecule has 0 aliphatic heterocycles. The van der Waals surface area contributed by atoms with Gasteiger partial charge in [-0.1, -0.05) is 0 Å². The molecular weight excluding hydrogens is 168 g/mol. The van der Waals surface area contributed by atoms with Gasteiger partial charge in [0, 0.05) is 0 Å². The largest absolute Gasteiger partial charge is 0.466 e. The van der Waals surface area contributed by atoms with Crippen molar-refractivity contribution in [2.75, 3.05) is 6.61 Å². The maximum absolute atomic E-state index is 11.0. The van der Waals surface area contributed by atoms with E-state index in [4.69, 9.17) is 4.74 Å². The van der Waals surface area contributed by atoms with Gasteiger partial charge in [-0.25, -0.2) is 0 Å². The summed E-state index contributed by atoms with van der Waals surface area (Å²) in [6.45, 7) is 4.03. The third-order valence-electron chi connectivity index (χ3n) is 1.48. The zero-order valence-corrected chi connectivity index (χ0v) is 7.78. The molecule has 0 radical (unpaired) electrons. The first-order valence-electron chi connectivity index (χ1n) is 4.17. The number of carbonyl (C=O) groups excluding carboxylic acids is 1. The van der Waals surface area contributed by atoms with Crippen LogP contribution in [0.1, 0.15) is 18.3 Å². The number of hydrogen-bond acceptors (Lipinski definition) is 4. The Balaban J connectivity index is 2.54. The Kier molecular flexibility index (Phi) is 3.37. The van der Waals surface area contributed by atoms with Crippen molar-refractivity contribution < 1.29 is 9.53 Å². The van der Waals surface area contributed by atoms with Crippen LogP contribution in [0.4, 0.5) is 0 Å². The van der Waals surface area contributed by atoms with E-state index in [-0.39, 0.29) is 12.4 Å². The van der Waals surface area contributed by atoms with Crippen LogP contribution < -0.4 is 0 Å². The summed E-state index contributed by atoms with van der Waals surface area (Å²) in [6.07, 6.45) is 0.196. The Bertz CT molecular complexity index is 282. The molecule has 0 spiro atoms. The smallest absolute Gasteiger partial charge is 0.311 e. The quantitative estimate of drug-likeness (QED) is 0.648. The van der Waals surface area contributed by atoms with Gasteiger partial charge in [0.05, 0.1) is 24.4 Å². The van der Waals surface area contributed by atoms with Gasteiger partial charge in [0.1, 0.15) is 0 Å². The normalized spacial score (nSPS) is 9.69. The molecule has 1 aromatic heterocycles. The molecule has 0 aliphatic rings. The predicted molar refractivity (Wildman–Crippen MR) is 47.1 cm³/mol. The minimum absolute atomic E-state index is 0.196. The average molecular weight is 180 g/mol. The van der Waals surface area contributed by atoms with Crippen molar-refractivity contribution in [1.82, 2.24) is 10.2 Å². The van der Waals surface area contributed by atoms with Crippen LogP contribution in [0.3, 0.4) is 0 Å². The highest BCUT2D eigenvalue weighted by molar-refractivity contribution is 5.71. The van der Waals surface area contributed by atoms with E-state index in [2.05, 4.69) is 10.2 Å². The van der Waals surface area contributed by atoms with E-state index in [1.165, 1.54) is 0 Å². The van der Waals surface area contributed by atoms with Crippen LogP contribution in [0.5, 0.6) is 0 Å². The summed E-state index contributed by atoms with van der Waals surface area (Å²) in [5.74, 6) is -0.263. The molecule has 0 unspecified atom stereocenters. The molecule has 1 rings (SSSR count). The van der Waals surface area contributed by atoms with E-state index in [1.54, 1.807) is 13.0 Å². The van der Waals surface area contributed by atoms with Crippen molar-refractivity contribution >= 4 is 5.97 Å². The Hall–Kier alpha value is -1.45. The first-order chi connectivity index (χ1) is 6.22. The van der Waals surface area contributed by atoms with Crippen LogP contribution in [0.25, 0.3) is 0 Å². The molecule has 4 nitrogen and oxygen atoms in total. The number of ether oxygens (including phenoxy) is 1. The third kappa shape index (κ3) is 3.19. The fourth-order valence-corrected chi connectivity index (χ4v) is 0.881. The molecule has 4 heteroatoms. The van der Waals surface area contributed by atoms with Gasteiger partial charge in [-0.2, -0.15) is 10.2 Å².